The minimum absolute atomic E-state index is 0.363. The molecule has 1 heterocycles. The first kappa shape index (κ1) is 8.76. The van der Waals surface area contributed by atoms with Gasteiger partial charge in [-0.15, -0.1) is 0 Å². The van der Waals surface area contributed by atoms with Crippen molar-refractivity contribution in [2.24, 2.45) is 0 Å². The number of aromatic nitrogens is 2. The molecule has 6 heteroatoms. The number of hydrogen-bond acceptors (Lipinski definition) is 2. The Hall–Kier alpha value is -1.33. The molecular formula is C6H5F3N2O. The second kappa shape index (κ2) is 2.96. The first-order valence-electron chi connectivity index (χ1n) is 3.08. The fourth-order valence-electron chi connectivity index (χ4n) is 0.790. The average molecular weight is 178 g/mol. The Morgan fingerprint density at radius 1 is 1.58 bits per heavy atom. The number of nitrogens with zero attached hydrogens (tertiary/aromatic N) is 2. The maximum Gasteiger partial charge on any atom is 0.433 e. The molecule has 0 unspecified atom stereocenters. The summed E-state index contributed by atoms with van der Waals surface area (Å²) in [5.41, 5.74) is -0.908. The molecule has 0 spiro atoms. The summed E-state index contributed by atoms with van der Waals surface area (Å²) in [4.78, 5) is 9.92. The van der Waals surface area contributed by atoms with Gasteiger partial charge in [-0.3, -0.25) is 4.68 Å². The van der Waals surface area contributed by atoms with E-state index in [-0.39, 0.29) is 6.54 Å². The van der Waals surface area contributed by atoms with Crippen LogP contribution in [-0.4, -0.2) is 16.1 Å². The quantitative estimate of drug-likeness (QED) is 0.635. The van der Waals surface area contributed by atoms with Crippen LogP contribution in [0.25, 0.3) is 0 Å². The molecule has 1 aromatic heterocycles. The van der Waals surface area contributed by atoms with Gasteiger partial charge in [0, 0.05) is 6.20 Å². The normalized spacial score (nSPS) is 11.6. The van der Waals surface area contributed by atoms with Gasteiger partial charge in [-0.05, 0) is 6.07 Å². The van der Waals surface area contributed by atoms with Crippen LogP contribution in [0.15, 0.2) is 12.3 Å². The van der Waals surface area contributed by atoms with Crippen molar-refractivity contribution in [2.45, 2.75) is 12.7 Å². The van der Waals surface area contributed by atoms with Crippen molar-refractivity contribution in [1.82, 2.24) is 9.78 Å². The van der Waals surface area contributed by atoms with Gasteiger partial charge in [0.1, 0.15) is 12.0 Å². The van der Waals surface area contributed by atoms with Crippen LogP contribution in [-0.2, 0) is 17.5 Å². The third-order valence-corrected chi connectivity index (χ3v) is 1.25. The lowest BCUT2D eigenvalue weighted by molar-refractivity contribution is -0.144. The van der Waals surface area contributed by atoms with Crippen molar-refractivity contribution in [2.75, 3.05) is 0 Å². The van der Waals surface area contributed by atoms with Crippen molar-refractivity contribution >= 4 is 6.29 Å². The van der Waals surface area contributed by atoms with Gasteiger partial charge in [0.2, 0.25) is 0 Å². The molecule has 0 saturated carbocycles. The molecule has 0 radical (unpaired) electrons. The molecule has 0 saturated heterocycles. The fraction of sp³-hybridized carbons (Fsp3) is 0.333. The molecule has 0 N–H and O–H groups in total. The van der Waals surface area contributed by atoms with Crippen molar-refractivity contribution in [1.29, 1.82) is 0 Å². The zero-order chi connectivity index (χ0) is 9.19. The number of carbonyl (C=O) groups is 1. The van der Waals surface area contributed by atoms with Gasteiger partial charge in [-0.1, -0.05) is 0 Å². The number of aldehydes is 1. The summed E-state index contributed by atoms with van der Waals surface area (Å²) in [5, 5.41) is 3.34. The van der Waals surface area contributed by atoms with Crippen molar-refractivity contribution in [3.8, 4) is 0 Å². The van der Waals surface area contributed by atoms with Crippen LogP contribution in [0.1, 0.15) is 5.69 Å². The molecule has 0 aliphatic heterocycles. The van der Waals surface area contributed by atoms with E-state index in [1.54, 1.807) is 0 Å². The zero-order valence-corrected chi connectivity index (χ0v) is 5.88. The van der Waals surface area contributed by atoms with E-state index in [1.807, 2.05) is 0 Å². The van der Waals surface area contributed by atoms with E-state index in [0.717, 1.165) is 12.3 Å². The lowest BCUT2D eigenvalue weighted by atomic mass is 10.4. The Labute approximate surface area is 65.8 Å². The van der Waals surface area contributed by atoms with Gasteiger partial charge < -0.3 is 4.79 Å². The van der Waals surface area contributed by atoms with Crippen LogP contribution in [0.2, 0.25) is 0 Å². The highest BCUT2D eigenvalue weighted by Gasteiger charge is 2.34. The molecule has 0 aliphatic rings. The van der Waals surface area contributed by atoms with Crippen LogP contribution < -0.4 is 0 Å². The molecule has 66 valence electrons. The van der Waals surface area contributed by atoms with Gasteiger partial charge in [-0.2, -0.15) is 18.3 Å². The molecule has 0 fully saturated rings. The standard InChI is InChI=1S/C6H5F3N2O/c7-6(8,9)5-1-2-10-11(5)3-4-12/h1-2,4H,3H2. The predicted octanol–water partition coefficient (Wildman–Crippen LogP) is 1.10. The first-order valence-corrected chi connectivity index (χ1v) is 3.08. The third-order valence-electron chi connectivity index (χ3n) is 1.25. The first-order chi connectivity index (χ1) is 5.55. The highest BCUT2D eigenvalue weighted by Crippen LogP contribution is 2.28. The summed E-state index contributed by atoms with van der Waals surface area (Å²) < 4.78 is 36.7. The topological polar surface area (TPSA) is 34.9 Å². The molecule has 0 aromatic carbocycles. The van der Waals surface area contributed by atoms with Gasteiger partial charge in [-0.25, -0.2) is 0 Å². The Balaban J connectivity index is 2.99. The monoisotopic (exact) mass is 178 g/mol. The van der Waals surface area contributed by atoms with E-state index in [2.05, 4.69) is 5.10 Å². The Kier molecular flexibility index (Phi) is 2.16. The van der Waals surface area contributed by atoms with E-state index in [4.69, 9.17) is 0 Å². The van der Waals surface area contributed by atoms with Gasteiger partial charge in [0.05, 0.1) is 6.54 Å². The SMILES string of the molecule is O=CCn1nccc1C(F)(F)F. The summed E-state index contributed by atoms with van der Waals surface area (Å²) in [7, 11) is 0. The minimum atomic E-state index is -4.44. The summed E-state index contributed by atoms with van der Waals surface area (Å²) >= 11 is 0. The van der Waals surface area contributed by atoms with Crippen LogP contribution >= 0.6 is 0 Å². The second-order valence-corrected chi connectivity index (χ2v) is 2.06. The highest BCUT2D eigenvalue weighted by atomic mass is 19.4. The Morgan fingerprint density at radius 2 is 2.25 bits per heavy atom. The molecule has 0 atom stereocenters. The number of alkyl halides is 3. The molecule has 0 amide bonds. The van der Waals surface area contributed by atoms with Crippen molar-refractivity contribution in [3.63, 3.8) is 0 Å². The van der Waals surface area contributed by atoms with Gasteiger partial charge >= 0.3 is 6.18 Å². The van der Waals surface area contributed by atoms with Crippen molar-refractivity contribution in [3.05, 3.63) is 18.0 Å². The second-order valence-electron chi connectivity index (χ2n) is 2.06. The minimum Gasteiger partial charge on any atom is -0.301 e. The van der Waals surface area contributed by atoms with Crippen LogP contribution in [0.3, 0.4) is 0 Å². The van der Waals surface area contributed by atoms with E-state index < -0.39 is 11.9 Å². The summed E-state index contributed by atoms with van der Waals surface area (Å²) in [6, 6.07) is 0.823. The van der Waals surface area contributed by atoms with E-state index >= 15 is 0 Å². The lowest BCUT2D eigenvalue weighted by Gasteiger charge is -2.06. The van der Waals surface area contributed by atoms with Gasteiger partial charge in [0.25, 0.3) is 0 Å². The van der Waals surface area contributed by atoms with E-state index in [9.17, 15) is 18.0 Å². The molecular weight excluding hydrogens is 173 g/mol. The largest absolute Gasteiger partial charge is 0.433 e. The molecule has 12 heavy (non-hydrogen) atoms. The van der Waals surface area contributed by atoms with Gasteiger partial charge in [0.15, 0.2) is 0 Å². The average Bonchev–Trinajstić information content (AvgIpc) is 2.34. The maximum absolute atomic E-state index is 12.0. The summed E-state index contributed by atoms with van der Waals surface area (Å²) in [5.74, 6) is 0. The molecule has 1 rings (SSSR count). The Morgan fingerprint density at radius 3 is 2.75 bits per heavy atom. The fourth-order valence-corrected chi connectivity index (χ4v) is 0.790. The predicted molar refractivity (Wildman–Crippen MR) is 33.3 cm³/mol. The summed E-state index contributed by atoms with van der Waals surface area (Å²) in [6.07, 6.45) is -3.08. The molecule has 0 bridgehead atoms. The Bertz CT molecular complexity index is 279. The zero-order valence-electron chi connectivity index (χ0n) is 5.88. The number of halogens is 3. The number of rotatable bonds is 2. The highest BCUT2D eigenvalue weighted by molar-refractivity contribution is 5.49. The van der Waals surface area contributed by atoms with Crippen LogP contribution in [0.5, 0.6) is 0 Å². The molecule has 0 aliphatic carbocycles. The van der Waals surface area contributed by atoms with Crippen molar-refractivity contribution < 1.29 is 18.0 Å². The number of hydrogen-bond donors (Lipinski definition) is 0. The lowest BCUT2D eigenvalue weighted by Crippen LogP contribution is -2.15. The molecule has 1 aromatic rings. The van der Waals surface area contributed by atoms with Crippen LogP contribution in [0.4, 0.5) is 13.2 Å². The maximum atomic E-state index is 12.0. The smallest absolute Gasteiger partial charge is 0.301 e. The summed E-state index contributed by atoms with van der Waals surface area (Å²) in [6.45, 7) is -0.373. The third kappa shape index (κ3) is 1.63. The molecule has 3 nitrogen and oxygen atoms in total. The van der Waals surface area contributed by atoms with Crippen LogP contribution in [0, 0.1) is 0 Å². The van der Waals surface area contributed by atoms with E-state index in [1.165, 1.54) is 0 Å². The van der Waals surface area contributed by atoms with E-state index in [0.29, 0.717) is 11.0 Å². The number of carbonyl (C=O) groups excluding carboxylic acids is 1.